The van der Waals surface area contributed by atoms with Gasteiger partial charge in [0.25, 0.3) is 0 Å². The summed E-state index contributed by atoms with van der Waals surface area (Å²) < 4.78 is 61.6. The van der Waals surface area contributed by atoms with Gasteiger partial charge < -0.3 is 46.0 Å². The molecule has 48 heavy (non-hydrogen) atoms. The van der Waals surface area contributed by atoms with Crippen molar-refractivity contribution < 1.29 is 61.0 Å². The number of imidazole rings is 1. The van der Waals surface area contributed by atoms with Gasteiger partial charge in [-0.3, -0.25) is 13.6 Å². The van der Waals surface area contributed by atoms with Gasteiger partial charge in [0.15, 0.2) is 17.7 Å². The van der Waals surface area contributed by atoms with Crippen LogP contribution in [0.3, 0.4) is 0 Å². The third kappa shape index (κ3) is 8.58. The number of phosphoric ester groups is 2. The van der Waals surface area contributed by atoms with Crippen LogP contribution in [0.15, 0.2) is 29.5 Å². The zero-order valence-corrected chi connectivity index (χ0v) is 28.6. The van der Waals surface area contributed by atoms with E-state index in [9.17, 15) is 38.6 Å². The minimum absolute atomic E-state index is 0.0438. The summed E-state index contributed by atoms with van der Waals surface area (Å²) in [5.74, 6) is 1.47. The molecule has 1 saturated heterocycles. The highest BCUT2D eigenvalue weighted by Gasteiger charge is 2.47. The maximum Gasteiger partial charge on any atom is 0.490 e. The van der Waals surface area contributed by atoms with Gasteiger partial charge >= 0.3 is 23.5 Å². The van der Waals surface area contributed by atoms with Crippen molar-refractivity contribution in [1.29, 1.82) is 0 Å². The van der Waals surface area contributed by atoms with Crippen molar-refractivity contribution in [1.82, 2.24) is 34.4 Å². The number of phosphoric acid groups is 3. The van der Waals surface area contributed by atoms with E-state index in [4.69, 9.17) is 20.7 Å². The molecule has 3 aromatic heterocycles. The maximum absolute atomic E-state index is 12.4. The first-order valence-corrected chi connectivity index (χ1v) is 19.2. The predicted octanol–water partition coefficient (Wildman–Crippen LogP) is 0.904. The van der Waals surface area contributed by atoms with Gasteiger partial charge in [0.05, 0.1) is 25.4 Å². The summed E-state index contributed by atoms with van der Waals surface area (Å²) >= 11 is 1.43. The van der Waals surface area contributed by atoms with Crippen molar-refractivity contribution in [3.05, 3.63) is 40.8 Å². The average Bonchev–Trinajstić information content (AvgIpc) is 3.64. The van der Waals surface area contributed by atoms with Gasteiger partial charge in [-0.05, 0) is 13.8 Å². The predicted molar refractivity (Wildman–Crippen MR) is 166 cm³/mol. The Balaban J connectivity index is 1.10. The second-order valence-electron chi connectivity index (χ2n) is 10.4. The highest BCUT2D eigenvalue weighted by molar-refractivity contribution is 8.03. The lowest BCUT2D eigenvalue weighted by molar-refractivity contribution is -0.0503. The van der Waals surface area contributed by atoms with Crippen LogP contribution >= 0.6 is 35.2 Å². The number of nitrogen functional groups attached to an aromatic ring is 2. The van der Waals surface area contributed by atoms with Crippen molar-refractivity contribution in [3.8, 4) is 0 Å². The van der Waals surface area contributed by atoms with Gasteiger partial charge in [-0.15, -0.1) is 11.8 Å². The summed E-state index contributed by atoms with van der Waals surface area (Å²) in [6.07, 6.45) is -1.97. The first kappa shape index (κ1) is 36.7. The van der Waals surface area contributed by atoms with E-state index in [2.05, 4.69) is 38.1 Å². The number of aliphatic hydroxyl groups is 2. The summed E-state index contributed by atoms with van der Waals surface area (Å²) in [6, 6.07) is 0. The molecule has 22 nitrogen and oxygen atoms in total. The molecular formula is C22H32N9O13P3S. The molecule has 0 aromatic carbocycles. The molecule has 1 fully saturated rings. The van der Waals surface area contributed by atoms with Crippen LogP contribution in [0.2, 0.25) is 0 Å². The minimum Gasteiger partial charge on any atom is -0.387 e. The van der Waals surface area contributed by atoms with E-state index in [1.165, 1.54) is 22.7 Å². The van der Waals surface area contributed by atoms with Crippen LogP contribution in [0.5, 0.6) is 0 Å². The zero-order chi connectivity index (χ0) is 35.0. The van der Waals surface area contributed by atoms with Crippen LogP contribution in [0.4, 0.5) is 11.6 Å². The SMILES string of the molecule is CC1=C(CCOP(=O)(O)OP(=O)(O)OP(=O)(O)OC[C@H]2O[C@@H](n3cnc4c(N)ncnc43)[C@@H](O)[C@H]2O)SCN1Cc1cnc(C)nc1N. The van der Waals surface area contributed by atoms with Gasteiger partial charge in [-0.2, -0.15) is 8.62 Å². The smallest absolute Gasteiger partial charge is 0.387 e. The van der Waals surface area contributed by atoms with Crippen LogP contribution in [0.1, 0.15) is 31.0 Å². The molecule has 0 spiro atoms. The number of aryl methyl sites for hydroxylation is 1. The zero-order valence-electron chi connectivity index (χ0n) is 25.1. The molecule has 0 saturated carbocycles. The average molecular weight is 756 g/mol. The van der Waals surface area contributed by atoms with Crippen molar-refractivity contribution in [2.75, 3.05) is 30.6 Å². The third-order valence-electron chi connectivity index (χ3n) is 7.05. The van der Waals surface area contributed by atoms with Crippen molar-refractivity contribution in [3.63, 3.8) is 0 Å². The number of allylic oxidation sites excluding steroid dienone is 1. The first-order valence-electron chi connectivity index (χ1n) is 13.8. The fourth-order valence-electron chi connectivity index (χ4n) is 4.69. The van der Waals surface area contributed by atoms with Gasteiger partial charge in [-0.1, -0.05) is 0 Å². The maximum atomic E-state index is 12.4. The molecule has 0 amide bonds. The molecule has 7 atom stereocenters. The van der Waals surface area contributed by atoms with E-state index in [0.717, 1.165) is 16.9 Å². The Morgan fingerprint density at radius 1 is 0.979 bits per heavy atom. The van der Waals surface area contributed by atoms with Gasteiger partial charge in [0.1, 0.15) is 41.8 Å². The molecular weight excluding hydrogens is 723 g/mol. The number of fused-ring (bicyclic) bond motifs is 1. The fraction of sp³-hybridized carbons (Fsp3) is 0.500. The summed E-state index contributed by atoms with van der Waals surface area (Å²) in [4.78, 5) is 52.8. The Bertz CT molecular complexity index is 1850. The fourth-order valence-corrected chi connectivity index (χ4v) is 9.36. The summed E-state index contributed by atoms with van der Waals surface area (Å²) in [7, 11) is -16.6. The molecule has 5 rings (SSSR count). The Kier molecular flexibility index (Phi) is 11.0. The normalized spacial score (nSPS) is 25.4. The van der Waals surface area contributed by atoms with Gasteiger partial charge in [-0.25, -0.2) is 38.6 Å². The lowest BCUT2D eigenvalue weighted by Crippen LogP contribution is -2.33. The van der Waals surface area contributed by atoms with Gasteiger partial charge in [0, 0.05) is 35.3 Å². The molecule has 9 N–H and O–H groups in total. The molecule has 2 aliphatic heterocycles. The van der Waals surface area contributed by atoms with E-state index < -0.39 is 61.2 Å². The Hall–Kier alpha value is -2.59. The van der Waals surface area contributed by atoms with Crippen LogP contribution in [-0.4, -0.2) is 96.7 Å². The van der Waals surface area contributed by atoms with E-state index in [1.54, 1.807) is 13.1 Å². The number of anilines is 2. The molecule has 0 radical (unpaired) electrons. The lowest BCUT2D eigenvalue weighted by Gasteiger charge is -2.20. The van der Waals surface area contributed by atoms with Crippen molar-refractivity contribution in [2.24, 2.45) is 0 Å². The number of ether oxygens (including phenoxy) is 1. The highest BCUT2D eigenvalue weighted by Crippen LogP contribution is 2.67. The molecule has 26 heteroatoms. The number of hydrogen-bond donors (Lipinski definition) is 7. The molecule has 3 aromatic rings. The lowest BCUT2D eigenvalue weighted by atomic mass is 10.1. The molecule has 0 aliphatic carbocycles. The number of nitrogens with two attached hydrogens (primary N) is 2. The number of aromatic nitrogens is 6. The van der Waals surface area contributed by atoms with E-state index in [0.29, 0.717) is 29.6 Å². The Labute approximate surface area is 275 Å². The number of thioether (sulfide) groups is 1. The topological polar surface area (TPSA) is 323 Å². The van der Waals surface area contributed by atoms with Crippen molar-refractivity contribution >= 4 is 58.0 Å². The van der Waals surface area contributed by atoms with E-state index in [-0.39, 0.29) is 23.4 Å². The molecule has 2 aliphatic rings. The van der Waals surface area contributed by atoms with Gasteiger partial charge in [0.2, 0.25) is 0 Å². The minimum atomic E-state index is -5.76. The summed E-state index contributed by atoms with van der Waals surface area (Å²) in [5.41, 5.74) is 13.6. The molecule has 5 heterocycles. The standard InChI is InChI=1S/C22H32N9O13P3S/c1-11-15(48-10-30(11)6-13-5-25-12(2)29-19(13)23)3-4-40-45(34,35)43-47(38,39)44-46(36,37)41-7-14-17(32)18(33)22(42-14)31-9-28-16-20(24)26-8-27-21(16)31/h5,8-9,14,17-18,22,32-33H,3-4,6-7,10H2,1-2H3,(H,34,35)(H,36,37)(H,38,39)(H2,23,25,29)(H2,24,26,27)/t14-,17+,18+,22-/m1/s1. The third-order valence-corrected chi connectivity index (χ3v) is 12.6. The second kappa shape index (κ2) is 14.3. The second-order valence-corrected chi connectivity index (χ2v) is 16.1. The highest BCUT2D eigenvalue weighted by atomic mass is 32.2. The van der Waals surface area contributed by atoms with Crippen LogP contribution < -0.4 is 11.5 Å². The number of nitrogens with zero attached hydrogens (tertiary/aromatic N) is 7. The molecule has 264 valence electrons. The monoisotopic (exact) mass is 755 g/mol. The van der Waals surface area contributed by atoms with E-state index in [1.807, 2.05) is 11.8 Å². The van der Waals surface area contributed by atoms with Crippen LogP contribution in [0.25, 0.3) is 11.2 Å². The first-order chi connectivity index (χ1) is 22.5. The number of aliphatic hydroxyl groups excluding tert-OH is 2. The van der Waals surface area contributed by atoms with Crippen LogP contribution in [-0.2, 0) is 42.6 Å². The Morgan fingerprint density at radius 2 is 1.69 bits per heavy atom. The Morgan fingerprint density at radius 3 is 2.40 bits per heavy atom. The number of rotatable bonds is 14. The quantitative estimate of drug-likeness (QED) is 0.112. The summed E-state index contributed by atoms with van der Waals surface area (Å²) in [6.45, 7) is 2.58. The molecule has 3 unspecified atom stereocenters. The van der Waals surface area contributed by atoms with E-state index >= 15 is 0 Å². The number of hydrogen-bond acceptors (Lipinski definition) is 19. The largest absolute Gasteiger partial charge is 0.490 e. The van der Waals surface area contributed by atoms with Crippen LogP contribution in [0, 0.1) is 6.92 Å². The summed E-state index contributed by atoms with van der Waals surface area (Å²) in [5, 5.41) is 20.9. The molecule has 0 bridgehead atoms. The van der Waals surface area contributed by atoms with Crippen molar-refractivity contribution in [2.45, 2.75) is 51.4 Å².